The van der Waals surface area contributed by atoms with Crippen molar-refractivity contribution in [3.63, 3.8) is 0 Å². The fourth-order valence-electron chi connectivity index (χ4n) is 6.54. The predicted molar refractivity (Wildman–Crippen MR) is 166 cm³/mol. The van der Waals surface area contributed by atoms with Crippen LogP contribution in [0.25, 0.3) is 11.1 Å². The minimum Gasteiger partial charge on any atom is -0.0654 e. The summed E-state index contributed by atoms with van der Waals surface area (Å²) in [6.45, 7) is 9.36. The molecule has 0 spiro atoms. The Balaban J connectivity index is 2.09. The van der Waals surface area contributed by atoms with Crippen LogP contribution in [0.4, 0.5) is 0 Å². The molecule has 1 aliphatic rings. The zero-order valence-corrected chi connectivity index (χ0v) is 25.0. The molecule has 0 heterocycles. The molecular formula is C37H57. The quantitative estimate of drug-likeness (QED) is 0.135. The number of unbranched alkanes of at least 4 members (excludes halogenated alkanes) is 12. The highest BCUT2D eigenvalue weighted by Gasteiger charge is 2.29. The molecule has 1 radical (unpaired) electrons. The van der Waals surface area contributed by atoms with E-state index < -0.39 is 0 Å². The van der Waals surface area contributed by atoms with Crippen LogP contribution in [-0.2, 0) is 25.7 Å². The van der Waals surface area contributed by atoms with Crippen molar-refractivity contribution >= 4 is 0 Å². The van der Waals surface area contributed by atoms with Gasteiger partial charge in [-0.2, -0.15) is 0 Å². The molecular weight excluding hydrogens is 444 g/mol. The molecule has 205 valence electrons. The van der Waals surface area contributed by atoms with E-state index in [1.165, 1.54) is 140 Å². The summed E-state index contributed by atoms with van der Waals surface area (Å²) in [5.41, 5.74) is 13.3. The monoisotopic (exact) mass is 501 g/mol. The first-order chi connectivity index (χ1) is 18.3. The van der Waals surface area contributed by atoms with E-state index in [2.05, 4.69) is 58.4 Å². The van der Waals surface area contributed by atoms with Gasteiger partial charge in [-0.25, -0.2) is 0 Å². The van der Waals surface area contributed by atoms with Gasteiger partial charge in [0.25, 0.3) is 0 Å². The molecule has 0 atom stereocenters. The average Bonchev–Trinajstić information content (AvgIpc) is 3.30. The van der Waals surface area contributed by atoms with Crippen LogP contribution < -0.4 is 0 Å². The van der Waals surface area contributed by atoms with Crippen molar-refractivity contribution in [1.29, 1.82) is 0 Å². The highest BCUT2D eigenvalue weighted by atomic mass is 14.3. The lowest BCUT2D eigenvalue weighted by molar-refractivity contribution is 0.631. The Morgan fingerprint density at radius 1 is 0.432 bits per heavy atom. The first-order valence-corrected chi connectivity index (χ1v) is 16.4. The second-order valence-corrected chi connectivity index (χ2v) is 11.7. The molecule has 0 saturated carbocycles. The van der Waals surface area contributed by atoms with E-state index in [0.29, 0.717) is 0 Å². The van der Waals surface area contributed by atoms with Crippen molar-refractivity contribution in [1.82, 2.24) is 0 Å². The summed E-state index contributed by atoms with van der Waals surface area (Å²) in [6.07, 6.45) is 29.4. The summed E-state index contributed by atoms with van der Waals surface area (Å²) in [4.78, 5) is 0. The minimum atomic E-state index is 1.27. The van der Waals surface area contributed by atoms with E-state index >= 15 is 0 Å². The molecule has 2 aromatic carbocycles. The molecule has 0 bridgehead atoms. The molecule has 1 aliphatic carbocycles. The van der Waals surface area contributed by atoms with Crippen molar-refractivity contribution in [3.05, 3.63) is 64.1 Å². The Bertz CT molecular complexity index is 918. The van der Waals surface area contributed by atoms with Gasteiger partial charge in [-0.15, -0.1) is 0 Å². The topological polar surface area (TPSA) is 0 Å². The van der Waals surface area contributed by atoms with Gasteiger partial charge >= 0.3 is 0 Å². The number of hydrogen-bond acceptors (Lipinski definition) is 0. The van der Waals surface area contributed by atoms with Gasteiger partial charge in [-0.1, -0.05) is 129 Å². The number of benzene rings is 2. The molecule has 0 amide bonds. The Labute approximate surface area is 231 Å². The second-order valence-electron chi connectivity index (χ2n) is 11.7. The van der Waals surface area contributed by atoms with Crippen molar-refractivity contribution in [2.75, 3.05) is 0 Å². The second kappa shape index (κ2) is 17.1. The van der Waals surface area contributed by atoms with Gasteiger partial charge in [-0.3, -0.25) is 0 Å². The Hall–Kier alpha value is -1.56. The first kappa shape index (κ1) is 30.0. The predicted octanol–water partition coefficient (Wildman–Crippen LogP) is 11.8. The minimum absolute atomic E-state index is 1.27. The van der Waals surface area contributed by atoms with Gasteiger partial charge in [0.15, 0.2) is 0 Å². The highest BCUT2D eigenvalue weighted by molar-refractivity contribution is 5.86. The number of rotatable bonds is 20. The van der Waals surface area contributed by atoms with E-state index in [1.807, 2.05) is 0 Å². The summed E-state index contributed by atoms with van der Waals surface area (Å²) in [7, 11) is 0. The maximum Gasteiger partial charge on any atom is 0.0214 e. The molecule has 0 unspecified atom stereocenters. The van der Waals surface area contributed by atoms with Crippen LogP contribution in [0.3, 0.4) is 0 Å². The highest BCUT2D eigenvalue weighted by Crippen LogP contribution is 2.46. The van der Waals surface area contributed by atoms with E-state index in [-0.39, 0.29) is 0 Å². The van der Waals surface area contributed by atoms with Gasteiger partial charge in [0, 0.05) is 6.42 Å². The Morgan fingerprint density at radius 2 is 0.865 bits per heavy atom. The van der Waals surface area contributed by atoms with Gasteiger partial charge in [0.05, 0.1) is 0 Å². The van der Waals surface area contributed by atoms with E-state index in [1.54, 1.807) is 33.4 Å². The van der Waals surface area contributed by atoms with Gasteiger partial charge < -0.3 is 0 Å². The smallest absolute Gasteiger partial charge is 0.0214 e. The van der Waals surface area contributed by atoms with Crippen molar-refractivity contribution < 1.29 is 0 Å². The third kappa shape index (κ3) is 8.46. The SMILES string of the molecule is CCCCCCc1c2c(c(CCCCCC)c(CCCCCC)c1CCCCCC)-c1ccccc1[CH]2. The lowest BCUT2D eigenvalue weighted by Crippen LogP contribution is -2.11. The zero-order chi connectivity index (χ0) is 26.3. The van der Waals surface area contributed by atoms with Gasteiger partial charge in [-0.05, 0) is 95.9 Å². The molecule has 0 heteroatoms. The van der Waals surface area contributed by atoms with Crippen LogP contribution in [-0.4, -0.2) is 0 Å². The molecule has 3 rings (SSSR count). The van der Waals surface area contributed by atoms with Crippen molar-refractivity contribution in [2.24, 2.45) is 0 Å². The first-order valence-electron chi connectivity index (χ1n) is 16.4. The van der Waals surface area contributed by atoms with Crippen LogP contribution in [0, 0.1) is 6.42 Å². The molecule has 0 nitrogen and oxygen atoms in total. The number of fused-ring (bicyclic) bond motifs is 3. The molecule has 0 saturated heterocycles. The van der Waals surface area contributed by atoms with Crippen LogP contribution in [0.1, 0.15) is 164 Å². The molecule has 2 aromatic rings. The van der Waals surface area contributed by atoms with Gasteiger partial charge in [0.2, 0.25) is 0 Å². The summed E-state index contributed by atoms with van der Waals surface area (Å²) in [5.74, 6) is 0. The Kier molecular flexibility index (Phi) is 13.9. The lowest BCUT2D eigenvalue weighted by Gasteiger charge is -2.25. The van der Waals surface area contributed by atoms with Crippen LogP contribution in [0.15, 0.2) is 24.3 Å². The third-order valence-corrected chi connectivity index (χ3v) is 8.64. The fraction of sp³-hybridized carbons (Fsp3) is 0.649. The molecule has 37 heavy (non-hydrogen) atoms. The lowest BCUT2D eigenvalue weighted by atomic mass is 9.79. The van der Waals surface area contributed by atoms with Crippen LogP contribution in [0.5, 0.6) is 0 Å². The summed E-state index contributed by atoms with van der Waals surface area (Å²) >= 11 is 0. The van der Waals surface area contributed by atoms with E-state index in [9.17, 15) is 0 Å². The largest absolute Gasteiger partial charge is 0.0654 e. The average molecular weight is 502 g/mol. The Morgan fingerprint density at radius 3 is 1.38 bits per heavy atom. The summed E-state index contributed by atoms with van der Waals surface area (Å²) < 4.78 is 0. The fourth-order valence-corrected chi connectivity index (χ4v) is 6.54. The van der Waals surface area contributed by atoms with Crippen molar-refractivity contribution in [3.8, 4) is 11.1 Å². The number of hydrogen-bond donors (Lipinski definition) is 0. The van der Waals surface area contributed by atoms with Gasteiger partial charge in [0.1, 0.15) is 0 Å². The van der Waals surface area contributed by atoms with Crippen molar-refractivity contribution in [2.45, 2.75) is 156 Å². The third-order valence-electron chi connectivity index (χ3n) is 8.64. The maximum absolute atomic E-state index is 2.58. The summed E-state index contributed by atoms with van der Waals surface area (Å²) in [6, 6.07) is 9.28. The zero-order valence-electron chi connectivity index (χ0n) is 25.0. The molecule has 0 N–H and O–H groups in total. The molecule has 0 aromatic heterocycles. The normalized spacial score (nSPS) is 12.2. The van der Waals surface area contributed by atoms with Crippen LogP contribution in [0.2, 0.25) is 0 Å². The van der Waals surface area contributed by atoms with Crippen LogP contribution >= 0.6 is 0 Å². The molecule has 0 aliphatic heterocycles. The maximum atomic E-state index is 2.58. The standard InChI is InChI=1S/C37H57/c1-5-9-13-17-25-32-33(26-18-14-10-6-2)35(28-20-16-12-8-4)37-31-24-22-21-23-30(31)29-36(37)34(32)27-19-15-11-7-3/h21-24,29H,5-20,25-28H2,1-4H3. The molecule has 0 fully saturated rings. The summed E-state index contributed by atoms with van der Waals surface area (Å²) in [5, 5.41) is 0. The van der Waals surface area contributed by atoms with E-state index in [4.69, 9.17) is 0 Å². The van der Waals surface area contributed by atoms with E-state index in [0.717, 1.165) is 0 Å².